The molecular weight excluding hydrogens is 501 g/mol. The van der Waals surface area contributed by atoms with Crippen LogP contribution in [0.3, 0.4) is 0 Å². The lowest BCUT2D eigenvalue weighted by atomic mass is 10.1. The molecule has 196 valence electrons. The highest BCUT2D eigenvalue weighted by atomic mass is 35.5. The number of fused-ring (bicyclic) bond motifs is 1. The van der Waals surface area contributed by atoms with Crippen molar-refractivity contribution < 1.29 is 13.9 Å². The van der Waals surface area contributed by atoms with Gasteiger partial charge >= 0.3 is 0 Å². The molecule has 38 heavy (non-hydrogen) atoms. The zero-order valence-corrected chi connectivity index (χ0v) is 22.2. The van der Waals surface area contributed by atoms with Gasteiger partial charge in [-0.2, -0.15) is 0 Å². The van der Waals surface area contributed by atoms with Gasteiger partial charge in [-0.25, -0.2) is 9.37 Å². The highest BCUT2D eigenvalue weighted by Crippen LogP contribution is 2.33. The minimum Gasteiger partial charge on any atom is -0.454 e. The van der Waals surface area contributed by atoms with Crippen LogP contribution in [0.4, 0.5) is 4.39 Å². The van der Waals surface area contributed by atoms with Gasteiger partial charge in [0.15, 0.2) is 11.5 Å². The Balaban J connectivity index is 1.42. The maximum atomic E-state index is 14.3. The second-order valence-corrected chi connectivity index (χ2v) is 9.75. The van der Waals surface area contributed by atoms with E-state index in [4.69, 9.17) is 26.1 Å². The van der Waals surface area contributed by atoms with E-state index in [2.05, 4.69) is 34.6 Å². The molecule has 0 amide bonds. The van der Waals surface area contributed by atoms with E-state index in [1.54, 1.807) is 18.2 Å². The maximum Gasteiger partial charge on any atom is 0.231 e. The number of ether oxygens (including phenoxy) is 2. The first-order chi connectivity index (χ1) is 18.6. The summed E-state index contributed by atoms with van der Waals surface area (Å²) >= 11 is 6.25. The molecule has 0 bridgehead atoms. The van der Waals surface area contributed by atoms with E-state index in [9.17, 15) is 4.39 Å². The predicted octanol–water partition coefficient (Wildman–Crippen LogP) is 7.59. The third-order valence-corrected chi connectivity index (χ3v) is 6.91. The molecule has 0 fully saturated rings. The van der Waals surface area contributed by atoms with Crippen molar-refractivity contribution >= 4 is 17.7 Å². The lowest BCUT2D eigenvalue weighted by Gasteiger charge is -2.22. The van der Waals surface area contributed by atoms with Gasteiger partial charge in [-0.15, -0.1) is 0 Å². The Morgan fingerprint density at radius 2 is 1.87 bits per heavy atom. The summed E-state index contributed by atoms with van der Waals surface area (Å²) in [7, 11) is 0. The first kappa shape index (κ1) is 26.0. The van der Waals surface area contributed by atoms with Crippen molar-refractivity contribution in [1.29, 1.82) is 0 Å². The number of benzene rings is 3. The number of unbranched alkanes of at least 4 members (excludes halogenated alkanes) is 1. The Labute approximate surface area is 228 Å². The molecule has 1 aliphatic rings. The fraction of sp³-hybridized carbons (Fsp3) is 0.258. The summed E-state index contributed by atoms with van der Waals surface area (Å²) < 4.78 is 27.7. The summed E-state index contributed by atoms with van der Waals surface area (Å²) in [6.45, 7) is 5.28. The molecule has 7 heteroatoms. The number of aromatic nitrogens is 2. The van der Waals surface area contributed by atoms with Crippen molar-refractivity contribution in [3.05, 3.63) is 107 Å². The quantitative estimate of drug-likeness (QED) is 0.200. The summed E-state index contributed by atoms with van der Waals surface area (Å²) in [5.74, 6) is 2.17. The number of nitrogens with zero attached hydrogens (tertiary/aromatic N) is 3. The van der Waals surface area contributed by atoms with Crippen LogP contribution < -0.4 is 9.47 Å². The highest BCUT2D eigenvalue weighted by Gasteiger charge is 2.17. The zero-order valence-electron chi connectivity index (χ0n) is 21.4. The summed E-state index contributed by atoms with van der Waals surface area (Å²) in [6.07, 6.45) is 7.86. The Morgan fingerprint density at radius 3 is 2.68 bits per heavy atom. The lowest BCUT2D eigenvalue weighted by molar-refractivity contribution is 0.174. The number of halogens is 2. The predicted molar refractivity (Wildman–Crippen MR) is 150 cm³/mol. The molecule has 5 nitrogen and oxygen atoms in total. The van der Waals surface area contributed by atoms with E-state index in [-0.39, 0.29) is 12.6 Å². The van der Waals surface area contributed by atoms with Gasteiger partial charge in [0.1, 0.15) is 11.6 Å². The molecule has 2 heterocycles. The molecule has 1 aliphatic heterocycles. The molecule has 1 aromatic heterocycles. The Bertz CT molecular complexity index is 1380. The smallest absolute Gasteiger partial charge is 0.231 e. The molecule has 0 aliphatic carbocycles. The second kappa shape index (κ2) is 12.3. The van der Waals surface area contributed by atoms with Gasteiger partial charge < -0.3 is 14.0 Å². The molecule has 5 rings (SSSR count). The van der Waals surface area contributed by atoms with Gasteiger partial charge in [0, 0.05) is 37.3 Å². The summed E-state index contributed by atoms with van der Waals surface area (Å²) in [6, 6.07) is 21.1. The van der Waals surface area contributed by atoms with Crippen LogP contribution in [0.5, 0.6) is 11.5 Å². The third-order valence-electron chi connectivity index (χ3n) is 6.58. The van der Waals surface area contributed by atoms with Gasteiger partial charge in [0.25, 0.3) is 0 Å². The zero-order chi connectivity index (χ0) is 26.3. The monoisotopic (exact) mass is 531 g/mol. The van der Waals surface area contributed by atoms with E-state index in [0.717, 1.165) is 53.5 Å². The van der Waals surface area contributed by atoms with Crippen LogP contribution in [-0.4, -0.2) is 27.8 Å². The Hall–Kier alpha value is -3.61. The number of imidazole rings is 1. The van der Waals surface area contributed by atoms with E-state index < -0.39 is 0 Å². The largest absolute Gasteiger partial charge is 0.454 e. The van der Waals surface area contributed by atoms with Crippen LogP contribution >= 0.6 is 11.6 Å². The van der Waals surface area contributed by atoms with Crippen LogP contribution in [0.15, 0.2) is 79.0 Å². The molecule has 0 radical (unpaired) electrons. The summed E-state index contributed by atoms with van der Waals surface area (Å²) in [5.41, 5.74) is 3.74. The van der Waals surface area contributed by atoms with E-state index in [1.165, 1.54) is 6.07 Å². The van der Waals surface area contributed by atoms with Crippen molar-refractivity contribution in [2.24, 2.45) is 0 Å². The van der Waals surface area contributed by atoms with Crippen molar-refractivity contribution in [3.63, 3.8) is 0 Å². The van der Waals surface area contributed by atoms with Gasteiger partial charge in [-0.1, -0.05) is 79.6 Å². The molecule has 0 atom stereocenters. The van der Waals surface area contributed by atoms with Crippen LogP contribution in [0.2, 0.25) is 5.02 Å². The molecular formula is C31H31ClFN3O2. The maximum absolute atomic E-state index is 14.3. The Morgan fingerprint density at radius 1 is 1.03 bits per heavy atom. The van der Waals surface area contributed by atoms with Crippen LogP contribution in [0.1, 0.15) is 36.6 Å². The van der Waals surface area contributed by atoms with Crippen molar-refractivity contribution in [2.45, 2.75) is 39.4 Å². The summed E-state index contributed by atoms with van der Waals surface area (Å²) in [4.78, 5) is 7.12. The van der Waals surface area contributed by atoms with Crippen LogP contribution in [-0.2, 0) is 19.6 Å². The molecule has 0 saturated heterocycles. The molecule has 3 aromatic carbocycles. The van der Waals surface area contributed by atoms with Gasteiger partial charge in [0.2, 0.25) is 6.79 Å². The third kappa shape index (κ3) is 6.09. The first-order valence-electron chi connectivity index (χ1n) is 12.9. The lowest BCUT2D eigenvalue weighted by Crippen LogP contribution is -2.24. The average molecular weight is 532 g/mol. The van der Waals surface area contributed by atoms with E-state index in [0.29, 0.717) is 30.2 Å². The number of rotatable bonds is 11. The van der Waals surface area contributed by atoms with Crippen LogP contribution in [0, 0.1) is 5.82 Å². The standard InChI is InChI=1S/C31H31ClFN3O2/c1-2-3-17-36-25(19-34-31(36)24-9-5-4-6-10-24)21-35(16-8-11-26-27(32)12-7-13-28(26)33)20-23-14-15-29-30(18-23)38-22-37-29/h4-15,18-19H,2-3,16-17,20-22H2,1H3/b11-8-. The van der Waals surface area contributed by atoms with Crippen molar-refractivity contribution in [2.75, 3.05) is 13.3 Å². The van der Waals surface area contributed by atoms with Crippen molar-refractivity contribution in [3.8, 4) is 22.9 Å². The molecule has 4 aromatic rings. The fourth-order valence-electron chi connectivity index (χ4n) is 4.62. The van der Waals surface area contributed by atoms with Crippen molar-refractivity contribution in [1.82, 2.24) is 14.5 Å². The fourth-order valence-corrected chi connectivity index (χ4v) is 4.85. The number of hydrogen-bond acceptors (Lipinski definition) is 4. The summed E-state index contributed by atoms with van der Waals surface area (Å²) in [5, 5.41) is 0.397. The topological polar surface area (TPSA) is 39.5 Å². The number of hydrogen-bond donors (Lipinski definition) is 0. The average Bonchev–Trinajstić information content (AvgIpc) is 3.56. The molecule has 0 unspecified atom stereocenters. The van der Waals surface area contributed by atoms with Gasteiger partial charge in [0.05, 0.1) is 16.9 Å². The Kier molecular flexibility index (Phi) is 8.41. The minimum atomic E-state index is -0.332. The molecule has 0 saturated carbocycles. The van der Waals surface area contributed by atoms with E-state index in [1.807, 2.05) is 42.6 Å². The minimum absolute atomic E-state index is 0.244. The first-order valence-corrected chi connectivity index (χ1v) is 13.3. The highest BCUT2D eigenvalue weighted by molar-refractivity contribution is 6.32. The van der Waals surface area contributed by atoms with Gasteiger partial charge in [-0.05, 0) is 36.2 Å². The van der Waals surface area contributed by atoms with Crippen LogP contribution in [0.25, 0.3) is 17.5 Å². The second-order valence-electron chi connectivity index (χ2n) is 9.34. The molecule has 0 N–H and O–H groups in total. The SMILES string of the molecule is CCCCn1c(CN(C/C=C\c2c(F)cccc2Cl)Cc2ccc3c(c2)OCO3)cnc1-c1ccccc1. The normalized spacial score (nSPS) is 12.6. The molecule has 0 spiro atoms. The van der Waals surface area contributed by atoms with Gasteiger partial charge in [-0.3, -0.25) is 4.90 Å². The van der Waals surface area contributed by atoms with E-state index >= 15 is 0 Å².